The van der Waals surface area contributed by atoms with Gasteiger partial charge in [-0.1, -0.05) is 26.0 Å². The molecule has 0 amide bonds. The van der Waals surface area contributed by atoms with E-state index in [1.165, 1.54) is 16.7 Å². The minimum absolute atomic E-state index is 0.260. The van der Waals surface area contributed by atoms with E-state index >= 15 is 0 Å². The van der Waals surface area contributed by atoms with Crippen LogP contribution in [0.1, 0.15) is 53.1 Å². The predicted octanol–water partition coefficient (Wildman–Crippen LogP) is 5.01. The molecule has 3 nitrogen and oxygen atoms in total. The maximum Gasteiger partial charge on any atom is 0.188 e. The maximum absolute atomic E-state index is 9.74. The smallest absolute Gasteiger partial charge is 0.188 e. The number of phenols is 1. The van der Waals surface area contributed by atoms with Crippen LogP contribution in [0.4, 0.5) is 0 Å². The highest BCUT2D eigenvalue weighted by molar-refractivity contribution is 5.49. The van der Waals surface area contributed by atoms with E-state index in [0.717, 1.165) is 28.9 Å². The standard InChI is InChI=1S/C21H28O3/c1-13(2)19-10-17(7-16(5)21(19)24-12-23-6)11-20-14(3)8-18(22)9-15(20)4/h7-10,13,22H,11-12H2,1-6H3. The molecule has 0 radical (unpaired) electrons. The first-order chi connectivity index (χ1) is 11.3. The first-order valence-corrected chi connectivity index (χ1v) is 8.37. The molecule has 0 saturated heterocycles. The average molecular weight is 328 g/mol. The summed E-state index contributed by atoms with van der Waals surface area (Å²) >= 11 is 0. The molecule has 0 atom stereocenters. The highest BCUT2D eigenvalue weighted by atomic mass is 16.7. The highest BCUT2D eigenvalue weighted by Crippen LogP contribution is 2.33. The first kappa shape index (κ1) is 18.3. The largest absolute Gasteiger partial charge is 0.508 e. The van der Waals surface area contributed by atoms with Crippen LogP contribution in [0.3, 0.4) is 0 Å². The molecular formula is C21H28O3. The summed E-state index contributed by atoms with van der Waals surface area (Å²) in [5.41, 5.74) is 7.11. The van der Waals surface area contributed by atoms with Gasteiger partial charge in [-0.15, -0.1) is 0 Å². The molecule has 1 N–H and O–H groups in total. The van der Waals surface area contributed by atoms with Gasteiger partial charge < -0.3 is 14.6 Å². The van der Waals surface area contributed by atoms with Gasteiger partial charge in [0.05, 0.1) is 0 Å². The van der Waals surface area contributed by atoms with Gasteiger partial charge in [-0.05, 0) is 78.6 Å². The van der Waals surface area contributed by atoms with Crippen LogP contribution in [0.2, 0.25) is 0 Å². The average Bonchev–Trinajstić information content (AvgIpc) is 2.49. The molecule has 3 heteroatoms. The number of methoxy groups -OCH3 is 1. The third-order valence-electron chi connectivity index (χ3n) is 4.37. The van der Waals surface area contributed by atoms with Gasteiger partial charge in [-0.25, -0.2) is 0 Å². The van der Waals surface area contributed by atoms with Crippen LogP contribution >= 0.6 is 0 Å². The van der Waals surface area contributed by atoms with Gasteiger partial charge >= 0.3 is 0 Å². The predicted molar refractivity (Wildman–Crippen MR) is 98.2 cm³/mol. The van der Waals surface area contributed by atoms with Gasteiger partial charge in [-0.3, -0.25) is 0 Å². The van der Waals surface area contributed by atoms with Crippen LogP contribution in [0.15, 0.2) is 24.3 Å². The highest BCUT2D eigenvalue weighted by Gasteiger charge is 2.14. The van der Waals surface area contributed by atoms with Crippen LogP contribution in [0.5, 0.6) is 11.5 Å². The van der Waals surface area contributed by atoms with E-state index in [9.17, 15) is 5.11 Å². The number of benzene rings is 2. The van der Waals surface area contributed by atoms with Crippen LogP contribution in [0, 0.1) is 20.8 Å². The molecule has 2 rings (SSSR count). The third-order valence-corrected chi connectivity index (χ3v) is 4.37. The number of aromatic hydroxyl groups is 1. The molecule has 0 aliphatic heterocycles. The molecule has 24 heavy (non-hydrogen) atoms. The summed E-state index contributed by atoms with van der Waals surface area (Å²) in [6.07, 6.45) is 0.850. The van der Waals surface area contributed by atoms with Crippen molar-refractivity contribution in [3.05, 3.63) is 57.6 Å². The Bertz CT molecular complexity index is 694. The topological polar surface area (TPSA) is 38.7 Å². The first-order valence-electron chi connectivity index (χ1n) is 8.37. The van der Waals surface area contributed by atoms with Crippen molar-refractivity contribution in [2.24, 2.45) is 0 Å². The molecule has 2 aromatic carbocycles. The van der Waals surface area contributed by atoms with Crippen molar-refractivity contribution < 1.29 is 14.6 Å². The van der Waals surface area contributed by atoms with E-state index in [1.807, 2.05) is 26.0 Å². The molecule has 0 aliphatic carbocycles. The summed E-state index contributed by atoms with van der Waals surface area (Å²) < 4.78 is 10.8. The lowest BCUT2D eigenvalue weighted by atomic mass is 9.91. The Hall–Kier alpha value is -2.00. The molecule has 0 aromatic heterocycles. The van der Waals surface area contributed by atoms with Crippen molar-refractivity contribution in [1.29, 1.82) is 0 Å². The Morgan fingerprint density at radius 1 is 0.958 bits per heavy atom. The SMILES string of the molecule is COCOc1c(C)cc(Cc2c(C)cc(O)cc2C)cc1C(C)C. The van der Waals surface area contributed by atoms with E-state index in [-0.39, 0.29) is 6.79 Å². The van der Waals surface area contributed by atoms with Gasteiger partial charge in [0.25, 0.3) is 0 Å². The van der Waals surface area contributed by atoms with Gasteiger partial charge in [0.1, 0.15) is 11.5 Å². The quantitative estimate of drug-likeness (QED) is 0.757. The van der Waals surface area contributed by atoms with Crippen molar-refractivity contribution in [3.63, 3.8) is 0 Å². The molecule has 0 bridgehead atoms. The van der Waals surface area contributed by atoms with E-state index < -0.39 is 0 Å². The minimum atomic E-state index is 0.260. The Morgan fingerprint density at radius 2 is 1.58 bits per heavy atom. The zero-order valence-electron chi connectivity index (χ0n) is 15.6. The van der Waals surface area contributed by atoms with Crippen LogP contribution < -0.4 is 4.74 Å². The van der Waals surface area contributed by atoms with E-state index in [2.05, 4.69) is 32.9 Å². The minimum Gasteiger partial charge on any atom is -0.508 e. The number of phenolic OH excluding ortho intramolecular Hbond substituents is 1. The van der Waals surface area contributed by atoms with Crippen molar-refractivity contribution in [2.75, 3.05) is 13.9 Å². The van der Waals surface area contributed by atoms with Crippen LogP contribution in [-0.4, -0.2) is 19.0 Å². The van der Waals surface area contributed by atoms with Crippen LogP contribution in [0.25, 0.3) is 0 Å². The fourth-order valence-electron chi connectivity index (χ4n) is 3.18. The van der Waals surface area contributed by atoms with Gasteiger partial charge in [-0.2, -0.15) is 0 Å². The molecule has 0 aliphatic rings. The van der Waals surface area contributed by atoms with Crippen molar-refractivity contribution >= 4 is 0 Å². The monoisotopic (exact) mass is 328 g/mol. The second-order valence-electron chi connectivity index (χ2n) is 6.77. The summed E-state index contributed by atoms with van der Waals surface area (Å²) in [5.74, 6) is 1.63. The summed E-state index contributed by atoms with van der Waals surface area (Å²) in [6.45, 7) is 10.8. The fourth-order valence-corrected chi connectivity index (χ4v) is 3.18. The second kappa shape index (κ2) is 7.71. The Balaban J connectivity index is 2.42. The zero-order valence-corrected chi connectivity index (χ0v) is 15.6. The lowest BCUT2D eigenvalue weighted by molar-refractivity contribution is 0.0497. The number of aryl methyl sites for hydroxylation is 3. The zero-order chi connectivity index (χ0) is 17.9. The van der Waals surface area contributed by atoms with Crippen molar-refractivity contribution in [1.82, 2.24) is 0 Å². The lowest BCUT2D eigenvalue weighted by Gasteiger charge is -2.19. The molecule has 0 spiro atoms. The molecular weight excluding hydrogens is 300 g/mol. The molecule has 130 valence electrons. The third kappa shape index (κ3) is 4.09. The Kier molecular flexibility index (Phi) is 5.89. The molecule has 2 aromatic rings. The molecule has 0 saturated carbocycles. The van der Waals surface area contributed by atoms with Gasteiger partial charge in [0, 0.05) is 7.11 Å². The fraction of sp³-hybridized carbons (Fsp3) is 0.429. The van der Waals surface area contributed by atoms with Crippen molar-refractivity contribution in [2.45, 2.75) is 47.0 Å². The van der Waals surface area contributed by atoms with Gasteiger partial charge in [0.2, 0.25) is 0 Å². The normalized spacial score (nSPS) is 11.1. The summed E-state index contributed by atoms with van der Waals surface area (Å²) in [6, 6.07) is 8.07. The number of hydrogen-bond donors (Lipinski definition) is 1. The number of ether oxygens (including phenoxy) is 2. The summed E-state index contributed by atoms with van der Waals surface area (Å²) in [4.78, 5) is 0. The van der Waals surface area contributed by atoms with Crippen LogP contribution in [-0.2, 0) is 11.2 Å². The van der Waals surface area contributed by atoms with E-state index in [0.29, 0.717) is 11.7 Å². The Morgan fingerprint density at radius 3 is 2.12 bits per heavy atom. The summed E-state index contributed by atoms with van der Waals surface area (Å²) in [7, 11) is 1.63. The Labute approximate surface area is 145 Å². The maximum atomic E-state index is 9.74. The number of hydrogen-bond acceptors (Lipinski definition) is 3. The lowest BCUT2D eigenvalue weighted by Crippen LogP contribution is -2.06. The second-order valence-corrected chi connectivity index (χ2v) is 6.77. The molecule has 0 fully saturated rings. The molecule has 0 heterocycles. The van der Waals surface area contributed by atoms with Gasteiger partial charge in [0.15, 0.2) is 6.79 Å². The number of rotatable bonds is 6. The van der Waals surface area contributed by atoms with E-state index in [1.54, 1.807) is 7.11 Å². The summed E-state index contributed by atoms with van der Waals surface area (Å²) in [5, 5.41) is 9.74. The van der Waals surface area contributed by atoms with Crippen molar-refractivity contribution in [3.8, 4) is 11.5 Å². The molecule has 0 unspecified atom stereocenters. The van der Waals surface area contributed by atoms with E-state index in [4.69, 9.17) is 9.47 Å².